The zero-order chi connectivity index (χ0) is 9.26. The summed E-state index contributed by atoms with van der Waals surface area (Å²) in [5, 5.41) is 1.49. The largest absolute Gasteiger partial charge is 0.506 e. The first-order chi connectivity index (χ1) is 6.31. The van der Waals surface area contributed by atoms with Crippen LogP contribution in [0.5, 0.6) is 0 Å². The van der Waals surface area contributed by atoms with E-state index in [1.165, 1.54) is 12.1 Å². The molecule has 0 aliphatic heterocycles. The van der Waals surface area contributed by atoms with E-state index < -0.39 is 0 Å². The third-order valence-electron chi connectivity index (χ3n) is 1.82. The molecule has 0 aliphatic carbocycles. The lowest BCUT2D eigenvalue weighted by atomic mass is 10.1. The van der Waals surface area contributed by atoms with Gasteiger partial charge < -0.3 is 0 Å². The van der Waals surface area contributed by atoms with E-state index in [1.807, 2.05) is 0 Å². The van der Waals surface area contributed by atoms with Crippen molar-refractivity contribution in [1.29, 1.82) is 0 Å². The van der Waals surface area contributed by atoms with E-state index in [2.05, 4.69) is 6.07 Å². The summed E-state index contributed by atoms with van der Waals surface area (Å²) < 4.78 is 23.4. The van der Waals surface area contributed by atoms with Crippen LogP contribution < -0.4 is 0 Å². The molecule has 0 fully saturated rings. The van der Waals surface area contributed by atoms with Crippen LogP contribution in [-0.4, -0.2) is 0 Å². The molecule has 0 spiro atoms. The maximum absolute atomic E-state index is 12.8. The predicted molar refractivity (Wildman–Crippen MR) is 49.1 cm³/mol. The minimum absolute atomic E-state index is 0.291. The van der Waals surface area contributed by atoms with Crippen LogP contribution in [0.2, 0.25) is 0 Å². The van der Waals surface area contributed by atoms with Gasteiger partial charge in [-0.15, -0.1) is 0 Å². The van der Waals surface area contributed by atoms with Crippen molar-refractivity contribution < 1.29 is 8.60 Å². The first kappa shape index (κ1) is 8.26. The molecule has 0 aliphatic rings. The van der Waals surface area contributed by atoms with Crippen LogP contribution in [0, 0.1) is 11.9 Å². The molecule has 0 amide bonds. The van der Waals surface area contributed by atoms with Gasteiger partial charge in [0.25, 0.3) is 0 Å². The first-order valence-electron chi connectivity index (χ1n) is 3.71. The molecule has 0 bridgehead atoms. The Kier molecular flexibility index (Phi) is 2.02. The molecule has 2 rings (SSSR count). The number of hydrogen-bond donors (Lipinski definition) is 0. The van der Waals surface area contributed by atoms with Gasteiger partial charge in [-0.05, 0) is 29.7 Å². The Bertz CT molecular complexity index is 467. The van der Waals surface area contributed by atoms with Crippen molar-refractivity contribution in [3.63, 3.8) is 0 Å². The third-order valence-corrected chi connectivity index (χ3v) is 2.32. The summed E-state index contributed by atoms with van der Waals surface area (Å²) in [6, 6.07) is 10.5. The Labute approximate surface area is 78.7 Å². The highest BCUT2D eigenvalue weighted by Gasteiger charge is 2.11. The van der Waals surface area contributed by atoms with Gasteiger partial charge in [0.05, 0.1) is 11.5 Å². The van der Waals surface area contributed by atoms with Crippen molar-refractivity contribution in [1.82, 2.24) is 0 Å². The maximum atomic E-state index is 12.8. The van der Waals surface area contributed by atoms with Crippen LogP contribution in [0.4, 0.5) is 4.39 Å². The smallest absolute Gasteiger partial charge is 0.207 e. The second-order valence-electron chi connectivity index (χ2n) is 2.62. The highest BCUT2D eigenvalue weighted by molar-refractivity contribution is 7.65. The van der Waals surface area contributed by atoms with Crippen molar-refractivity contribution in [2.45, 2.75) is 4.90 Å². The fourth-order valence-electron chi connectivity index (χ4n) is 1.23. The number of hydrogen-bond acceptors (Lipinski definition) is 1. The molecule has 63 valence electrons. The molecule has 13 heavy (non-hydrogen) atoms. The highest BCUT2D eigenvalue weighted by Crippen LogP contribution is 2.19. The minimum Gasteiger partial charge on any atom is -0.207 e. The predicted octanol–water partition coefficient (Wildman–Crippen LogP) is 2.57. The zero-order valence-corrected chi connectivity index (χ0v) is 7.40. The van der Waals surface area contributed by atoms with Crippen LogP contribution in [0.25, 0.3) is 10.8 Å². The molecule has 0 aromatic heterocycles. The van der Waals surface area contributed by atoms with Crippen molar-refractivity contribution in [3.05, 3.63) is 42.2 Å². The van der Waals surface area contributed by atoms with E-state index in [-0.39, 0.29) is 5.82 Å². The molecule has 0 saturated carbocycles. The van der Waals surface area contributed by atoms with E-state index in [1.54, 1.807) is 18.2 Å². The Morgan fingerprint density at radius 1 is 1.31 bits per heavy atom. The number of halogens is 1. The second-order valence-corrected chi connectivity index (χ2v) is 3.20. The normalized spacial score (nSPS) is 10.2. The summed E-state index contributed by atoms with van der Waals surface area (Å²) in [4.78, 5) is 0.512. The first-order valence-corrected chi connectivity index (χ1v) is 4.45. The third kappa shape index (κ3) is 1.42. The van der Waals surface area contributed by atoms with Gasteiger partial charge in [-0.2, -0.15) is 0 Å². The van der Waals surface area contributed by atoms with Crippen LogP contribution in [0.15, 0.2) is 35.2 Å². The molecule has 3 heteroatoms. The standard InChI is InChI=1S/C10H5FOS/c11-8-4-5-9-7(6-8)2-1-3-10(9)13-12/h1-2,4-6H/q+1. The number of benzene rings is 2. The van der Waals surface area contributed by atoms with E-state index in [0.717, 1.165) is 10.8 Å². The molecule has 0 heterocycles. The summed E-state index contributed by atoms with van der Waals surface area (Å²) in [6.07, 6.45) is 0. The maximum Gasteiger partial charge on any atom is 0.506 e. The Morgan fingerprint density at radius 3 is 2.92 bits per heavy atom. The van der Waals surface area contributed by atoms with Gasteiger partial charge >= 0.3 is 16.6 Å². The van der Waals surface area contributed by atoms with Gasteiger partial charge in [-0.25, -0.2) is 4.39 Å². The molecular weight excluding hydrogens is 187 g/mol. The van der Waals surface area contributed by atoms with Gasteiger partial charge in [-0.1, -0.05) is 6.07 Å². The van der Waals surface area contributed by atoms with Crippen LogP contribution in [-0.2, 0) is 15.9 Å². The molecule has 1 nitrogen and oxygen atoms in total. The molecule has 2 aromatic rings. The molecule has 0 atom stereocenters. The molecule has 0 saturated heterocycles. The summed E-state index contributed by atoms with van der Waals surface area (Å²) in [6.45, 7) is 0. The Balaban J connectivity index is 2.84. The van der Waals surface area contributed by atoms with Gasteiger partial charge in [0, 0.05) is 4.21 Å². The molecule has 0 unspecified atom stereocenters. The van der Waals surface area contributed by atoms with E-state index in [4.69, 9.17) is 0 Å². The van der Waals surface area contributed by atoms with E-state index in [0.29, 0.717) is 16.6 Å². The summed E-state index contributed by atoms with van der Waals surface area (Å²) >= 11 is 0.376. The van der Waals surface area contributed by atoms with Crippen molar-refractivity contribution in [2.75, 3.05) is 0 Å². The lowest BCUT2D eigenvalue weighted by Crippen LogP contribution is -1.80. The highest BCUT2D eigenvalue weighted by atomic mass is 32.1. The fraction of sp³-hybridized carbons (Fsp3) is 0. The van der Waals surface area contributed by atoms with Gasteiger partial charge in [0.2, 0.25) is 0 Å². The lowest BCUT2D eigenvalue weighted by Gasteiger charge is -1.93. The topological polar surface area (TPSA) is 17.1 Å². The SMILES string of the molecule is O=[S+]c1[c]ccc2cc(F)ccc12. The van der Waals surface area contributed by atoms with Crippen molar-refractivity contribution in [3.8, 4) is 0 Å². The lowest BCUT2D eigenvalue weighted by molar-refractivity contribution is 0.605. The Hall–Kier alpha value is -1.35. The van der Waals surface area contributed by atoms with E-state index in [9.17, 15) is 8.60 Å². The molecule has 2 aromatic carbocycles. The van der Waals surface area contributed by atoms with E-state index >= 15 is 0 Å². The Morgan fingerprint density at radius 2 is 2.15 bits per heavy atom. The fourth-order valence-corrected chi connectivity index (χ4v) is 1.62. The molecular formula is C10H5FOS+. The summed E-state index contributed by atoms with van der Waals surface area (Å²) in [5.41, 5.74) is 0. The number of rotatable bonds is 1. The molecule has 0 N–H and O–H groups in total. The van der Waals surface area contributed by atoms with Gasteiger partial charge in [0.1, 0.15) is 5.82 Å². The average molecular weight is 192 g/mol. The minimum atomic E-state index is -0.291. The molecule has 1 radical (unpaired) electrons. The quantitative estimate of drug-likeness (QED) is 0.634. The summed E-state index contributed by atoms with van der Waals surface area (Å²) in [5.74, 6) is -0.291. The number of fused-ring (bicyclic) bond motifs is 1. The van der Waals surface area contributed by atoms with Crippen molar-refractivity contribution >= 4 is 22.4 Å². The van der Waals surface area contributed by atoms with Crippen LogP contribution in [0.3, 0.4) is 0 Å². The van der Waals surface area contributed by atoms with Crippen molar-refractivity contribution in [2.24, 2.45) is 0 Å². The van der Waals surface area contributed by atoms with Gasteiger partial charge in [-0.3, -0.25) is 0 Å². The summed E-state index contributed by atoms with van der Waals surface area (Å²) in [7, 11) is 0. The van der Waals surface area contributed by atoms with Gasteiger partial charge in [0.15, 0.2) is 0 Å². The monoisotopic (exact) mass is 192 g/mol. The average Bonchev–Trinajstić information content (AvgIpc) is 2.16. The van der Waals surface area contributed by atoms with Crippen LogP contribution in [0.1, 0.15) is 0 Å². The zero-order valence-electron chi connectivity index (χ0n) is 6.58. The second kappa shape index (κ2) is 3.18. The van der Waals surface area contributed by atoms with Crippen LogP contribution >= 0.6 is 0 Å².